The Morgan fingerprint density at radius 1 is 1.08 bits per heavy atom. The van der Waals surface area contributed by atoms with Crippen LogP contribution in [-0.2, 0) is 16.1 Å². The summed E-state index contributed by atoms with van der Waals surface area (Å²) in [7, 11) is 0. The molecule has 0 unspecified atom stereocenters. The van der Waals surface area contributed by atoms with Gasteiger partial charge in [-0.2, -0.15) is 0 Å². The van der Waals surface area contributed by atoms with E-state index in [1.807, 2.05) is 31.3 Å². The first kappa shape index (κ1) is 25.2. The van der Waals surface area contributed by atoms with E-state index >= 15 is 0 Å². The molecular formula is C29H32FN3O4. The van der Waals surface area contributed by atoms with Gasteiger partial charge in [0.15, 0.2) is 0 Å². The molecule has 0 radical (unpaired) electrons. The first-order valence-corrected chi connectivity index (χ1v) is 12.7. The van der Waals surface area contributed by atoms with E-state index in [2.05, 4.69) is 16.3 Å². The molecule has 5 rings (SSSR count). The molecule has 1 N–H and O–H groups in total. The largest absolute Gasteiger partial charge is 0.473 e. The molecule has 1 amide bonds. The zero-order valence-corrected chi connectivity index (χ0v) is 21.0. The minimum atomic E-state index is -0.609. The van der Waals surface area contributed by atoms with Crippen LogP contribution < -0.4 is 15.0 Å². The van der Waals surface area contributed by atoms with Crippen molar-refractivity contribution in [3.05, 3.63) is 71.4 Å². The minimum Gasteiger partial charge on any atom is -0.473 e. The monoisotopic (exact) mass is 505 g/mol. The van der Waals surface area contributed by atoms with E-state index in [1.165, 1.54) is 0 Å². The van der Waals surface area contributed by atoms with Gasteiger partial charge in [0, 0.05) is 48.9 Å². The third kappa shape index (κ3) is 6.09. The van der Waals surface area contributed by atoms with Gasteiger partial charge in [0.05, 0.1) is 26.4 Å². The van der Waals surface area contributed by atoms with Crippen molar-refractivity contribution in [3.8, 4) is 17.0 Å². The number of carbonyl (C=O) groups is 1. The molecule has 0 bridgehead atoms. The summed E-state index contributed by atoms with van der Waals surface area (Å²) in [5.41, 5.74) is 5.47. The molecule has 0 atom stereocenters. The lowest BCUT2D eigenvalue weighted by molar-refractivity contribution is 0.0238. The summed E-state index contributed by atoms with van der Waals surface area (Å²) in [6.45, 7) is 5.67. The van der Waals surface area contributed by atoms with Crippen LogP contribution in [0, 0.1) is 6.92 Å². The number of benzene rings is 2. The van der Waals surface area contributed by atoms with Crippen LogP contribution in [0.5, 0.6) is 5.88 Å². The number of aryl methyl sites for hydroxylation is 1. The molecule has 0 aliphatic carbocycles. The Balaban J connectivity index is 1.43. The van der Waals surface area contributed by atoms with E-state index in [1.54, 1.807) is 24.3 Å². The number of ether oxygens (including phenoxy) is 3. The Morgan fingerprint density at radius 2 is 1.86 bits per heavy atom. The van der Waals surface area contributed by atoms with E-state index in [4.69, 9.17) is 19.2 Å². The van der Waals surface area contributed by atoms with Gasteiger partial charge in [-0.3, -0.25) is 4.79 Å². The van der Waals surface area contributed by atoms with E-state index in [0.29, 0.717) is 49.1 Å². The van der Waals surface area contributed by atoms with Gasteiger partial charge in [0.1, 0.15) is 18.5 Å². The summed E-state index contributed by atoms with van der Waals surface area (Å²) in [6, 6.07) is 14.5. The highest BCUT2D eigenvalue weighted by Gasteiger charge is 2.23. The maximum Gasteiger partial charge on any atom is 0.255 e. The standard InChI is InChI=1S/C29H32FN3O4/c1-20-5-6-24(32-28(34)22-4-2-3-21(15-22)18-30)17-26(20)23-16-27(33-9-13-36-14-10-33)29(31-19-23)37-25-7-11-35-12-8-25/h2-6,15-17,19,25H,7-14,18H2,1H3,(H,32,34). The molecule has 8 heteroatoms. The summed E-state index contributed by atoms with van der Waals surface area (Å²) in [6.07, 6.45) is 3.61. The number of hydrogen-bond acceptors (Lipinski definition) is 6. The second-order valence-electron chi connectivity index (χ2n) is 9.40. The van der Waals surface area contributed by atoms with Crippen LogP contribution in [0.2, 0.25) is 0 Å². The van der Waals surface area contributed by atoms with Crippen molar-refractivity contribution in [2.24, 2.45) is 0 Å². The Hall–Kier alpha value is -3.49. The molecule has 3 heterocycles. The summed E-state index contributed by atoms with van der Waals surface area (Å²) < 4.78 is 30.4. The van der Waals surface area contributed by atoms with Crippen molar-refractivity contribution in [3.63, 3.8) is 0 Å². The molecule has 0 spiro atoms. The number of rotatable bonds is 7. The molecule has 0 saturated carbocycles. The fourth-order valence-electron chi connectivity index (χ4n) is 4.67. The topological polar surface area (TPSA) is 72.9 Å². The Morgan fingerprint density at radius 3 is 2.65 bits per heavy atom. The SMILES string of the molecule is Cc1ccc(NC(=O)c2cccc(CF)c2)cc1-c1cnc(OC2CCOCC2)c(N2CCOCC2)c1. The molecule has 2 aromatic carbocycles. The molecule has 194 valence electrons. The van der Waals surface area contributed by atoms with E-state index in [9.17, 15) is 9.18 Å². The van der Waals surface area contributed by atoms with Gasteiger partial charge in [-0.25, -0.2) is 9.37 Å². The Bertz CT molecular complexity index is 1240. The number of halogens is 1. The minimum absolute atomic E-state index is 0.0862. The lowest BCUT2D eigenvalue weighted by Crippen LogP contribution is -2.37. The summed E-state index contributed by atoms with van der Waals surface area (Å²) in [5, 5.41) is 2.95. The maximum absolute atomic E-state index is 13.0. The zero-order valence-electron chi connectivity index (χ0n) is 21.0. The third-order valence-corrected chi connectivity index (χ3v) is 6.78. The number of amides is 1. The lowest BCUT2D eigenvalue weighted by atomic mass is 10.0. The molecule has 2 saturated heterocycles. The number of alkyl halides is 1. The van der Waals surface area contributed by atoms with Crippen molar-refractivity contribution in [1.29, 1.82) is 0 Å². The van der Waals surface area contributed by atoms with Crippen LogP contribution in [0.1, 0.15) is 34.3 Å². The van der Waals surface area contributed by atoms with Crippen molar-refractivity contribution < 1.29 is 23.4 Å². The average Bonchev–Trinajstić information content (AvgIpc) is 2.95. The third-order valence-electron chi connectivity index (χ3n) is 6.78. The smallest absolute Gasteiger partial charge is 0.255 e. The van der Waals surface area contributed by atoms with Gasteiger partial charge in [0.2, 0.25) is 5.88 Å². The highest BCUT2D eigenvalue weighted by atomic mass is 19.1. The zero-order chi connectivity index (χ0) is 25.6. The number of morpholine rings is 1. The number of aromatic nitrogens is 1. The molecule has 1 aromatic heterocycles. The van der Waals surface area contributed by atoms with Gasteiger partial charge in [0.25, 0.3) is 5.91 Å². The van der Waals surface area contributed by atoms with Gasteiger partial charge >= 0.3 is 0 Å². The van der Waals surface area contributed by atoms with Crippen molar-refractivity contribution >= 4 is 17.3 Å². The number of hydrogen-bond donors (Lipinski definition) is 1. The second kappa shape index (κ2) is 11.7. The average molecular weight is 506 g/mol. The molecule has 2 fully saturated rings. The maximum atomic E-state index is 13.0. The van der Waals surface area contributed by atoms with Crippen LogP contribution >= 0.6 is 0 Å². The second-order valence-corrected chi connectivity index (χ2v) is 9.40. The number of pyridine rings is 1. The van der Waals surface area contributed by atoms with Crippen molar-refractivity contribution in [1.82, 2.24) is 4.98 Å². The summed E-state index contributed by atoms with van der Waals surface area (Å²) >= 11 is 0. The van der Waals surface area contributed by atoms with Crippen LogP contribution in [0.15, 0.2) is 54.7 Å². The Kier molecular flexibility index (Phi) is 7.96. The predicted molar refractivity (Wildman–Crippen MR) is 141 cm³/mol. The number of nitrogens with zero attached hydrogens (tertiary/aromatic N) is 2. The molecule has 2 aliphatic rings. The molecule has 7 nitrogen and oxygen atoms in total. The van der Waals surface area contributed by atoms with E-state index < -0.39 is 6.67 Å². The number of anilines is 2. The van der Waals surface area contributed by atoms with Crippen LogP contribution in [0.25, 0.3) is 11.1 Å². The number of nitrogens with one attached hydrogen (secondary N) is 1. The Labute approximate surface area is 216 Å². The highest BCUT2D eigenvalue weighted by Crippen LogP contribution is 2.35. The lowest BCUT2D eigenvalue weighted by Gasteiger charge is -2.31. The fourth-order valence-corrected chi connectivity index (χ4v) is 4.67. The summed E-state index contributed by atoms with van der Waals surface area (Å²) in [4.78, 5) is 19.8. The first-order valence-electron chi connectivity index (χ1n) is 12.7. The predicted octanol–water partition coefficient (Wildman–Crippen LogP) is 5.17. The van der Waals surface area contributed by atoms with Gasteiger partial charge in [-0.15, -0.1) is 0 Å². The van der Waals surface area contributed by atoms with Gasteiger partial charge < -0.3 is 24.4 Å². The first-order chi connectivity index (χ1) is 18.1. The molecule has 2 aliphatic heterocycles. The van der Waals surface area contributed by atoms with Crippen LogP contribution in [-0.4, -0.2) is 56.5 Å². The van der Waals surface area contributed by atoms with Crippen LogP contribution in [0.3, 0.4) is 0 Å². The van der Waals surface area contributed by atoms with Gasteiger partial charge in [-0.1, -0.05) is 18.2 Å². The van der Waals surface area contributed by atoms with Crippen LogP contribution in [0.4, 0.5) is 15.8 Å². The normalized spacial score (nSPS) is 16.4. The summed E-state index contributed by atoms with van der Waals surface area (Å²) in [5.74, 6) is 0.352. The van der Waals surface area contributed by atoms with Crippen molar-refractivity contribution in [2.45, 2.75) is 32.5 Å². The van der Waals surface area contributed by atoms with Crippen molar-refractivity contribution in [2.75, 3.05) is 49.7 Å². The highest BCUT2D eigenvalue weighted by molar-refractivity contribution is 6.04. The van der Waals surface area contributed by atoms with E-state index in [0.717, 1.165) is 48.3 Å². The quantitative estimate of drug-likeness (QED) is 0.478. The molecule has 37 heavy (non-hydrogen) atoms. The fraction of sp³-hybridized carbons (Fsp3) is 0.379. The molecular weight excluding hydrogens is 473 g/mol. The molecule has 3 aromatic rings. The van der Waals surface area contributed by atoms with E-state index in [-0.39, 0.29) is 12.0 Å². The van der Waals surface area contributed by atoms with Gasteiger partial charge in [-0.05, 0) is 53.9 Å². The number of carbonyl (C=O) groups excluding carboxylic acids is 1.